The van der Waals surface area contributed by atoms with E-state index in [0.717, 1.165) is 6.42 Å². The number of esters is 1. The third kappa shape index (κ3) is 3.46. The van der Waals surface area contributed by atoms with E-state index in [-0.39, 0.29) is 11.4 Å². The summed E-state index contributed by atoms with van der Waals surface area (Å²) >= 11 is 0. The van der Waals surface area contributed by atoms with E-state index < -0.39 is 0 Å². The van der Waals surface area contributed by atoms with Gasteiger partial charge >= 0.3 is 5.97 Å². The first-order valence-electron chi connectivity index (χ1n) is 5.70. The molecule has 0 aromatic heterocycles. The summed E-state index contributed by atoms with van der Waals surface area (Å²) in [6, 6.07) is 0. The van der Waals surface area contributed by atoms with Gasteiger partial charge in [0.2, 0.25) is 0 Å². The van der Waals surface area contributed by atoms with Crippen molar-refractivity contribution in [3.63, 3.8) is 0 Å². The SMILES string of the molecule is COCOCC[C@H]1[C@@H](COC(C)=O)C1(C)C. The van der Waals surface area contributed by atoms with Crippen LogP contribution in [0.15, 0.2) is 0 Å². The van der Waals surface area contributed by atoms with Crippen LogP contribution in [0.1, 0.15) is 27.2 Å². The second-order valence-corrected chi connectivity index (χ2v) is 4.94. The van der Waals surface area contributed by atoms with Crippen molar-refractivity contribution < 1.29 is 19.0 Å². The lowest BCUT2D eigenvalue weighted by Gasteiger charge is -2.03. The third-order valence-corrected chi connectivity index (χ3v) is 3.53. The van der Waals surface area contributed by atoms with Gasteiger partial charge in [-0.15, -0.1) is 0 Å². The molecular formula is C12H22O4. The molecule has 1 fully saturated rings. The number of hydrogen-bond donors (Lipinski definition) is 0. The Kier molecular flexibility index (Phi) is 4.74. The minimum absolute atomic E-state index is 0.197. The average Bonchev–Trinajstić information content (AvgIpc) is 2.72. The minimum Gasteiger partial charge on any atom is -0.466 e. The molecule has 0 aromatic carbocycles. The second-order valence-electron chi connectivity index (χ2n) is 4.94. The highest BCUT2D eigenvalue weighted by Crippen LogP contribution is 2.59. The zero-order chi connectivity index (χ0) is 12.2. The molecule has 4 nitrogen and oxygen atoms in total. The first-order valence-corrected chi connectivity index (χ1v) is 5.70. The predicted octanol–water partition coefficient (Wildman–Crippen LogP) is 1.83. The van der Waals surface area contributed by atoms with Gasteiger partial charge in [-0.1, -0.05) is 13.8 Å². The average molecular weight is 230 g/mol. The van der Waals surface area contributed by atoms with Gasteiger partial charge in [0.15, 0.2) is 0 Å². The van der Waals surface area contributed by atoms with Crippen molar-refractivity contribution in [2.75, 3.05) is 27.1 Å². The quantitative estimate of drug-likeness (QED) is 0.380. The molecule has 1 aliphatic carbocycles. The maximum absolute atomic E-state index is 10.7. The summed E-state index contributed by atoms with van der Waals surface area (Å²) in [7, 11) is 1.62. The molecule has 0 bridgehead atoms. The largest absolute Gasteiger partial charge is 0.466 e. The van der Waals surface area contributed by atoms with Crippen LogP contribution in [-0.4, -0.2) is 33.1 Å². The maximum Gasteiger partial charge on any atom is 0.302 e. The van der Waals surface area contributed by atoms with Crippen molar-refractivity contribution in [2.24, 2.45) is 17.3 Å². The Morgan fingerprint density at radius 1 is 1.31 bits per heavy atom. The summed E-state index contributed by atoms with van der Waals surface area (Å²) in [5.41, 5.74) is 0.270. The molecule has 1 rings (SSSR count). The van der Waals surface area contributed by atoms with Crippen LogP contribution in [0.4, 0.5) is 0 Å². The van der Waals surface area contributed by atoms with Crippen LogP contribution in [-0.2, 0) is 19.0 Å². The van der Waals surface area contributed by atoms with Gasteiger partial charge in [0, 0.05) is 26.6 Å². The molecule has 0 unspecified atom stereocenters. The van der Waals surface area contributed by atoms with Crippen LogP contribution < -0.4 is 0 Å². The Morgan fingerprint density at radius 3 is 2.56 bits per heavy atom. The van der Waals surface area contributed by atoms with E-state index >= 15 is 0 Å². The highest BCUT2D eigenvalue weighted by molar-refractivity contribution is 5.65. The highest BCUT2D eigenvalue weighted by Gasteiger charge is 2.57. The van der Waals surface area contributed by atoms with E-state index in [1.54, 1.807) is 7.11 Å². The molecule has 0 radical (unpaired) electrons. The molecule has 16 heavy (non-hydrogen) atoms. The maximum atomic E-state index is 10.7. The van der Waals surface area contributed by atoms with Crippen molar-refractivity contribution in [3.8, 4) is 0 Å². The summed E-state index contributed by atoms with van der Waals surface area (Å²) in [5, 5.41) is 0. The lowest BCUT2D eigenvalue weighted by atomic mass is 10.1. The van der Waals surface area contributed by atoms with E-state index in [0.29, 0.717) is 31.8 Å². The van der Waals surface area contributed by atoms with Crippen LogP contribution in [0.3, 0.4) is 0 Å². The molecule has 0 heterocycles. The Morgan fingerprint density at radius 2 is 2.00 bits per heavy atom. The molecule has 0 aromatic rings. The number of carbonyl (C=O) groups excluding carboxylic acids is 1. The lowest BCUT2D eigenvalue weighted by Crippen LogP contribution is -2.05. The topological polar surface area (TPSA) is 44.8 Å². The number of carbonyl (C=O) groups is 1. The Labute approximate surface area is 97.2 Å². The molecular weight excluding hydrogens is 208 g/mol. The van der Waals surface area contributed by atoms with Crippen LogP contribution >= 0.6 is 0 Å². The summed E-state index contributed by atoms with van der Waals surface area (Å²) < 4.78 is 15.1. The first-order chi connectivity index (χ1) is 7.50. The van der Waals surface area contributed by atoms with Crippen molar-refractivity contribution in [1.82, 2.24) is 0 Å². The minimum atomic E-state index is -0.197. The van der Waals surface area contributed by atoms with Gasteiger partial charge in [0.25, 0.3) is 0 Å². The fraction of sp³-hybridized carbons (Fsp3) is 0.917. The molecule has 0 aliphatic heterocycles. The summed E-state index contributed by atoms with van der Waals surface area (Å²) in [5.74, 6) is 0.864. The number of ether oxygens (including phenoxy) is 3. The Balaban J connectivity index is 2.19. The van der Waals surface area contributed by atoms with Gasteiger partial charge in [0.05, 0.1) is 6.61 Å². The fourth-order valence-electron chi connectivity index (χ4n) is 2.32. The van der Waals surface area contributed by atoms with Crippen LogP contribution in [0.2, 0.25) is 0 Å². The fourth-order valence-corrected chi connectivity index (χ4v) is 2.32. The predicted molar refractivity (Wildman–Crippen MR) is 59.8 cm³/mol. The van der Waals surface area contributed by atoms with Gasteiger partial charge in [-0.05, 0) is 17.8 Å². The van der Waals surface area contributed by atoms with Crippen molar-refractivity contribution in [2.45, 2.75) is 27.2 Å². The number of methoxy groups -OCH3 is 1. The van der Waals surface area contributed by atoms with Crippen molar-refractivity contribution in [1.29, 1.82) is 0 Å². The third-order valence-electron chi connectivity index (χ3n) is 3.53. The summed E-state index contributed by atoms with van der Waals surface area (Å²) in [6.45, 7) is 7.47. The number of hydrogen-bond acceptors (Lipinski definition) is 4. The van der Waals surface area contributed by atoms with Gasteiger partial charge < -0.3 is 14.2 Å². The van der Waals surface area contributed by atoms with Gasteiger partial charge in [-0.2, -0.15) is 0 Å². The standard InChI is InChI=1S/C12H22O4/c1-9(13)16-7-11-10(12(11,2)3)5-6-15-8-14-4/h10-11H,5-8H2,1-4H3/t10-,11+/m0/s1. The smallest absolute Gasteiger partial charge is 0.302 e. The molecule has 94 valence electrons. The molecule has 4 heteroatoms. The molecule has 0 N–H and O–H groups in total. The molecule has 2 atom stereocenters. The summed E-state index contributed by atoms with van der Waals surface area (Å²) in [4.78, 5) is 10.7. The Hall–Kier alpha value is -0.610. The van der Waals surface area contributed by atoms with Crippen molar-refractivity contribution in [3.05, 3.63) is 0 Å². The van der Waals surface area contributed by atoms with E-state index in [1.165, 1.54) is 6.92 Å². The van der Waals surface area contributed by atoms with Crippen LogP contribution in [0.25, 0.3) is 0 Å². The van der Waals surface area contributed by atoms with Gasteiger partial charge in [-0.3, -0.25) is 4.79 Å². The van der Waals surface area contributed by atoms with Gasteiger partial charge in [-0.25, -0.2) is 0 Å². The first kappa shape index (κ1) is 13.5. The van der Waals surface area contributed by atoms with E-state index in [1.807, 2.05) is 0 Å². The van der Waals surface area contributed by atoms with E-state index in [9.17, 15) is 4.79 Å². The van der Waals surface area contributed by atoms with Crippen LogP contribution in [0, 0.1) is 17.3 Å². The van der Waals surface area contributed by atoms with Crippen molar-refractivity contribution >= 4 is 5.97 Å². The molecule has 0 spiro atoms. The van der Waals surface area contributed by atoms with E-state index in [4.69, 9.17) is 14.2 Å². The van der Waals surface area contributed by atoms with Crippen LogP contribution in [0.5, 0.6) is 0 Å². The lowest BCUT2D eigenvalue weighted by molar-refractivity contribution is -0.141. The number of rotatable bonds is 7. The molecule has 1 aliphatic rings. The molecule has 1 saturated carbocycles. The zero-order valence-corrected chi connectivity index (χ0v) is 10.6. The Bertz CT molecular complexity index is 237. The summed E-state index contributed by atoms with van der Waals surface area (Å²) in [6.07, 6.45) is 1.00. The second kappa shape index (κ2) is 5.64. The highest BCUT2D eigenvalue weighted by atomic mass is 16.7. The molecule has 0 amide bonds. The van der Waals surface area contributed by atoms with E-state index in [2.05, 4.69) is 13.8 Å². The van der Waals surface area contributed by atoms with Gasteiger partial charge in [0.1, 0.15) is 6.79 Å². The normalized spacial score (nSPS) is 26.5. The zero-order valence-electron chi connectivity index (χ0n) is 10.6. The molecule has 0 saturated heterocycles. The monoisotopic (exact) mass is 230 g/mol.